The SMILES string of the molecule is CCCCCCc1[nH]c(-c2cc(C(C)(C)C)cc(C(C)(C)C)c2)cn2c(=O)c(-c3ccc(-c4nc5c(CCCCCC)[nH]c(-c6cc(C(C)(C)C)cc(C(C)(C)C)c6)cn-5c4=O)cc3)nc1-2. The van der Waals surface area contributed by atoms with E-state index in [9.17, 15) is 9.59 Å². The van der Waals surface area contributed by atoms with Gasteiger partial charge in [-0.1, -0.05) is 172 Å². The number of hydrogen-bond donors (Lipinski definition) is 2. The molecule has 8 nitrogen and oxygen atoms in total. The minimum atomic E-state index is -0.163. The molecular weight excluding hydrogens is 813 g/mol. The van der Waals surface area contributed by atoms with Crippen LogP contribution in [0.3, 0.4) is 0 Å². The number of aromatic amines is 2. The lowest BCUT2D eigenvalue weighted by Crippen LogP contribution is -2.18. The maximum Gasteiger partial charge on any atom is 0.282 e. The molecule has 0 radical (unpaired) electrons. The standard InChI is InChI=1S/C58H76N6O2/c1-15-17-19-21-23-45-51-61-49(53(65)63(51)35-47(59-45)39-29-41(55(3,4)5)33-42(30-39)56(6,7)8)37-25-27-38(28-26-37)50-54(66)64-36-48(60-46(52(64)62-50)24-22-20-18-16-2)40-31-43(57(9,10)11)34-44(32-40)58(12,13)14/h25-36,59-60H,15-24H2,1-14H3. The van der Waals surface area contributed by atoms with Crippen molar-refractivity contribution >= 4 is 0 Å². The summed E-state index contributed by atoms with van der Waals surface area (Å²) in [6.07, 6.45) is 14.3. The number of hydrogen-bond acceptors (Lipinski definition) is 4. The van der Waals surface area contributed by atoms with Crippen LogP contribution in [0.25, 0.3) is 56.7 Å². The van der Waals surface area contributed by atoms with Gasteiger partial charge in [0.25, 0.3) is 11.1 Å². The van der Waals surface area contributed by atoms with Crippen molar-refractivity contribution in [2.45, 2.75) is 183 Å². The predicted octanol–water partition coefficient (Wildman–Crippen LogP) is 14.4. The van der Waals surface area contributed by atoms with Gasteiger partial charge in [0.05, 0.1) is 22.8 Å². The number of imidazole rings is 2. The molecular formula is C58H76N6O2. The van der Waals surface area contributed by atoms with E-state index in [4.69, 9.17) is 9.97 Å². The molecule has 7 rings (SSSR count). The molecule has 8 heteroatoms. The first-order chi connectivity index (χ1) is 31.0. The molecule has 0 amide bonds. The Bertz CT molecular complexity index is 2590. The second-order valence-corrected chi connectivity index (χ2v) is 23.0. The molecule has 3 aromatic rings. The first-order valence-corrected chi connectivity index (χ1v) is 24.7. The molecule has 3 aromatic carbocycles. The van der Waals surface area contributed by atoms with E-state index in [0.717, 1.165) is 98.1 Å². The van der Waals surface area contributed by atoms with E-state index < -0.39 is 0 Å². The van der Waals surface area contributed by atoms with E-state index in [1.807, 2.05) is 36.7 Å². The summed E-state index contributed by atoms with van der Waals surface area (Å²) in [5.41, 5.74) is 12.5. The number of aryl methyl sites for hydroxylation is 2. The summed E-state index contributed by atoms with van der Waals surface area (Å²) in [5, 5.41) is 0. The molecule has 4 aliphatic rings. The van der Waals surface area contributed by atoms with Gasteiger partial charge < -0.3 is 9.97 Å². The Morgan fingerprint density at radius 2 is 0.758 bits per heavy atom. The van der Waals surface area contributed by atoms with Crippen LogP contribution in [0.15, 0.2) is 82.6 Å². The van der Waals surface area contributed by atoms with Gasteiger partial charge in [-0.25, -0.2) is 9.97 Å². The lowest BCUT2D eigenvalue weighted by atomic mass is 9.79. The maximum absolute atomic E-state index is 14.5. The van der Waals surface area contributed by atoms with E-state index in [-0.39, 0.29) is 32.8 Å². The molecule has 4 aliphatic heterocycles. The minimum Gasteiger partial charge on any atom is -0.354 e. The highest BCUT2D eigenvalue weighted by Gasteiger charge is 2.27. The lowest BCUT2D eigenvalue weighted by Gasteiger charge is -2.26. The molecule has 0 aliphatic carbocycles. The van der Waals surface area contributed by atoms with E-state index >= 15 is 0 Å². The number of nitrogens with one attached hydrogen (secondary N) is 2. The van der Waals surface area contributed by atoms with Crippen molar-refractivity contribution in [3.05, 3.63) is 127 Å². The molecule has 350 valence electrons. The Balaban J connectivity index is 1.31. The fraction of sp³-hybridized carbons (Fsp3) is 0.483. The average Bonchev–Trinajstić information content (AvgIpc) is 3.78. The first-order valence-electron chi connectivity index (χ1n) is 24.7. The number of nitrogens with zero attached hydrogens (tertiary/aromatic N) is 4. The Morgan fingerprint density at radius 3 is 1.05 bits per heavy atom. The zero-order valence-corrected chi connectivity index (χ0v) is 42.6. The molecule has 0 fully saturated rings. The quantitative estimate of drug-likeness (QED) is 0.106. The number of benzene rings is 3. The van der Waals surface area contributed by atoms with Crippen molar-refractivity contribution in [2.24, 2.45) is 0 Å². The highest BCUT2D eigenvalue weighted by atomic mass is 16.1. The smallest absolute Gasteiger partial charge is 0.282 e. The highest BCUT2D eigenvalue weighted by molar-refractivity contribution is 5.71. The van der Waals surface area contributed by atoms with Gasteiger partial charge in [-0.05, 0) is 93.9 Å². The third kappa shape index (κ3) is 10.4. The van der Waals surface area contributed by atoms with Gasteiger partial charge in [0.15, 0.2) is 11.6 Å². The average molecular weight is 889 g/mol. The third-order valence-electron chi connectivity index (χ3n) is 13.3. The van der Waals surface area contributed by atoms with Crippen LogP contribution in [0.1, 0.15) is 182 Å². The van der Waals surface area contributed by atoms with Gasteiger partial charge in [-0.2, -0.15) is 0 Å². The zero-order valence-electron chi connectivity index (χ0n) is 42.6. The molecule has 0 spiro atoms. The molecule has 0 bridgehead atoms. The fourth-order valence-electron chi connectivity index (χ4n) is 8.82. The van der Waals surface area contributed by atoms with Crippen LogP contribution in [-0.4, -0.2) is 29.1 Å². The zero-order chi connectivity index (χ0) is 47.9. The molecule has 0 saturated heterocycles. The lowest BCUT2D eigenvalue weighted by molar-refractivity contribution is 0.568. The molecule has 4 heterocycles. The van der Waals surface area contributed by atoms with Gasteiger partial charge >= 0.3 is 0 Å². The largest absolute Gasteiger partial charge is 0.354 e. The summed E-state index contributed by atoms with van der Waals surface area (Å²) >= 11 is 0. The Labute approximate surface area is 394 Å². The first kappa shape index (κ1) is 48.4. The summed E-state index contributed by atoms with van der Waals surface area (Å²) in [6.45, 7) is 31.4. The van der Waals surface area contributed by atoms with Gasteiger partial charge in [0.2, 0.25) is 0 Å². The summed E-state index contributed by atoms with van der Waals surface area (Å²) < 4.78 is 3.47. The highest BCUT2D eigenvalue weighted by Crippen LogP contribution is 2.37. The maximum atomic E-state index is 14.5. The summed E-state index contributed by atoms with van der Waals surface area (Å²) in [5.74, 6) is 1.32. The molecule has 2 N–H and O–H groups in total. The Morgan fingerprint density at radius 1 is 0.439 bits per heavy atom. The predicted molar refractivity (Wildman–Crippen MR) is 277 cm³/mol. The molecule has 0 aromatic heterocycles. The number of aromatic nitrogens is 6. The topological polar surface area (TPSA) is 101 Å². The van der Waals surface area contributed by atoms with Crippen molar-refractivity contribution in [1.82, 2.24) is 29.1 Å². The minimum absolute atomic E-state index is 0.0513. The van der Waals surface area contributed by atoms with Crippen LogP contribution >= 0.6 is 0 Å². The van der Waals surface area contributed by atoms with Crippen LogP contribution in [-0.2, 0) is 34.5 Å². The molecule has 0 atom stereocenters. The van der Waals surface area contributed by atoms with Gasteiger partial charge in [0, 0.05) is 34.6 Å². The van der Waals surface area contributed by atoms with E-state index in [0.29, 0.717) is 34.2 Å². The molecule has 0 saturated carbocycles. The van der Waals surface area contributed by atoms with Crippen molar-refractivity contribution < 1.29 is 0 Å². The summed E-state index contributed by atoms with van der Waals surface area (Å²) in [7, 11) is 0. The van der Waals surface area contributed by atoms with Gasteiger partial charge in [0.1, 0.15) is 11.4 Å². The molecule has 0 unspecified atom stereocenters. The fourth-order valence-corrected chi connectivity index (χ4v) is 8.82. The van der Waals surface area contributed by atoms with E-state index in [1.54, 1.807) is 9.13 Å². The summed E-state index contributed by atoms with van der Waals surface area (Å²) in [6, 6.07) is 21.3. The van der Waals surface area contributed by atoms with Crippen LogP contribution in [0.4, 0.5) is 0 Å². The number of rotatable bonds is 14. The number of unbranched alkanes of at least 4 members (excludes halogenated alkanes) is 6. The van der Waals surface area contributed by atoms with Crippen LogP contribution < -0.4 is 11.1 Å². The third-order valence-corrected chi connectivity index (χ3v) is 13.3. The normalized spacial score (nSPS) is 12.8. The van der Waals surface area contributed by atoms with Crippen molar-refractivity contribution in [3.63, 3.8) is 0 Å². The summed E-state index contributed by atoms with van der Waals surface area (Å²) in [4.78, 5) is 46.6. The van der Waals surface area contributed by atoms with Crippen LogP contribution in [0.2, 0.25) is 0 Å². The van der Waals surface area contributed by atoms with Crippen molar-refractivity contribution in [1.29, 1.82) is 0 Å². The van der Waals surface area contributed by atoms with Crippen molar-refractivity contribution in [3.8, 4) is 56.7 Å². The van der Waals surface area contributed by atoms with E-state index in [1.165, 1.54) is 22.3 Å². The van der Waals surface area contributed by atoms with Crippen molar-refractivity contribution in [2.75, 3.05) is 0 Å². The second-order valence-electron chi connectivity index (χ2n) is 23.0. The Hall–Kier alpha value is -5.50. The second kappa shape index (κ2) is 18.6. The van der Waals surface area contributed by atoms with Crippen LogP contribution in [0, 0.1) is 0 Å². The van der Waals surface area contributed by atoms with Gasteiger partial charge in [-0.3, -0.25) is 18.7 Å². The number of fused-ring (bicyclic) bond motifs is 2. The van der Waals surface area contributed by atoms with E-state index in [2.05, 4.69) is 143 Å². The molecule has 66 heavy (non-hydrogen) atoms. The van der Waals surface area contributed by atoms with Crippen LogP contribution in [0.5, 0.6) is 0 Å². The van der Waals surface area contributed by atoms with Gasteiger partial charge in [-0.15, -0.1) is 0 Å². The number of H-pyrrole nitrogens is 2. The Kier molecular flexibility index (Phi) is 13.7. The monoisotopic (exact) mass is 889 g/mol.